The van der Waals surface area contributed by atoms with Crippen molar-refractivity contribution in [2.24, 2.45) is 4.99 Å². The number of carbonyl (C=O) groups is 2. The van der Waals surface area contributed by atoms with Crippen molar-refractivity contribution in [2.45, 2.75) is 20.3 Å². The van der Waals surface area contributed by atoms with Gasteiger partial charge in [0.2, 0.25) is 0 Å². The van der Waals surface area contributed by atoms with Gasteiger partial charge in [0.05, 0.1) is 18.7 Å². The van der Waals surface area contributed by atoms with E-state index in [4.69, 9.17) is 9.47 Å². The summed E-state index contributed by atoms with van der Waals surface area (Å²) >= 11 is 0. The molecule has 0 rings (SSSR count). The van der Waals surface area contributed by atoms with Crippen LogP contribution in [-0.4, -0.2) is 37.9 Å². The largest absolute Gasteiger partial charge is 0.466 e. The van der Waals surface area contributed by atoms with E-state index in [0.717, 1.165) is 0 Å². The van der Waals surface area contributed by atoms with Crippen molar-refractivity contribution in [2.75, 3.05) is 20.3 Å². The van der Waals surface area contributed by atoms with E-state index in [-0.39, 0.29) is 19.0 Å². The van der Waals surface area contributed by atoms with Crippen molar-refractivity contribution in [3.63, 3.8) is 0 Å². The normalized spacial score (nSPS) is 10.9. The zero-order chi connectivity index (χ0) is 11.0. The molecule has 0 saturated heterocycles. The van der Waals surface area contributed by atoms with Crippen molar-refractivity contribution in [3.8, 4) is 0 Å². The zero-order valence-electron chi connectivity index (χ0n) is 8.70. The van der Waals surface area contributed by atoms with Gasteiger partial charge in [-0.1, -0.05) is 0 Å². The van der Waals surface area contributed by atoms with Gasteiger partial charge >= 0.3 is 11.9 Å². The monoisotopic (exact) mass is 201 g/mol. The van der Waals surface area contributed by atoms with Crippen molar-refractivity contribution >= 4 is 17.7 Å². The van der Waals surface area contributed by atoms with E-state index in [9.17, 15) is 9.59 Å². The zero-order valence-corrected chi connectivity index (χ0v) is 8.70. The Morgan fingerprint density at radius 3 is 2.36 bits per heavy atom. The molecule has 0 bridgehead atoms. The number of carbonyl (C=O) groups excluding carboxylic acids is 2. The van der Waals surface area contributed by atoms with Gasteiger partial charge in [-0.3, -0.25) is 14.6 Å². The summed E-state index contributed by atoms with van der Waals surface area (Å²) in [5.74, 6) is -0.754. The highest BCUT2D eigenvalue weighted by atomic mass is 16.5. The summed E-state index contributed by atoms with van der Waals surface area (Å²) in [7, 11) is 1.54. The first kappa shape index (κ1) is 12.6. The molecule has 0 aromatic carbocycles. The van der Waals surface area contributed by atoms with Crippen molar-refractivity contribution in [1.82, 2.24) is 0 Å². The van der Waals surface area contributed by atoms with Gasteiger partial charge in [-0.2, -0.15) is 0 Å². The Balaban J connectivity index is 3.92. The summed E-state index contributed by atoms with van der Waals surface area (Å²) in [6.07, 6.45) is 0.0671. The summed E-state index contributed by atoms with van der Waals surface area (Å²) in [5.41, 5.74) is 0.499. The minimum Gasteiger partial charge on any atom is -0.466 e. The molecule has 5 heteroatoms. The first-order chi connectivity index (χ1) is 6.60. The van der Waals surface area contributed by atoms with Crippen LogP contribution in [0.3, 0.4) is 0 Å². The second-order valence-corrected chi connectivity index (χ2v) is 2.55. The van der Waals surface area contributed by atoms with E-state index in [2.05, 4.69) is 4.99 Å². The number of hydrogen-bond donors (Lipinski definition) is 0. The van der Waals surface area contributed by atoms with Crippen molar-refractivity contribution in [3.05, 3.63) is 0 Å². The minimum absolute atomic E-state index is 0.0463. The van der Waals surface area contributed by atoms with E-state index in [0.29, 0.717) is 12.3 Å². The molecular weight excluding hydrogens is 186 g/mol. The predicted octanol–water partition coefficient (Wildman–Crippen LogP) is 0.573. The molecule has 0 aromatic heterocycles. The molecule has 0 saturated carbocycles. The molecule has 80 valence electrons. The van der Waals surface area contributed by atoms with Crippen molar-refractivity contribution in [1.29, 1.82) is 0 Å². The Labute approximate surface area is 83.1 Å². The number of rotatable bonds is 5. The Bertz CT molecular complexity index is 235. The molecule has 0 N–H and O–H groups in total. The van der Waals surface area contributed by atoms with Crippen LogP contribution < -0.4 is 0 Å². The Kier molecular flexibility index (Phi) is 6.36. The maximum Gasteiger partial charge on any atom is 0.311 e. The molecule has 0 aliphatic rings. The van der Waals surface area contributed by atoms with Gasteiger partial charge in [-0.25, -0.2) is 0 Å². The average Bonchev–Trinajstić information content (AvgIpc) is 2.12. The first-order valence-electron chi connectivity index (χ1n) is 4.33. The van der Waals surface area contributed by atoms with Gasteiger partial charge in [0.15, 0.2) is 0 Å². The standard InChI is InChI=1S/C9H15NO4/c1-4-13-9(12)5-8(10-3)6-14-7(2)11/h4-6H2,1-3H3. The molecule has 0 fully saturated rings. The van der Waals surface area contributed by atoms with Gasteiger partial charge < -0.3 is 9.47 Å². The summed E-state index contributed by atoms with van der Waals surface area (Å²) in [6, 6.07) is 0. The van der Waals surface area contributed by atoms with Crippen LogP contribution in [-0.2, 0) is 19.1 Å². The molecule has 5 nitrogen and oxygen atoms in total. The molecule has 0 amide bonds. The van der Waals surface area contributed by atoms with Crippen LogP contribution >= 0.6 is 0 Å². The van der Waals surface area contributed by atoms with E-state index >= 15 is 0 Å². The maximum atomic E-state index is 11.0. The molecule has 0 unspecified atom stereocenters. The lowest BCUT2D eigenvalue weighted by molar-refractivity contribution is -0.143. The molecule has 0 aromatic rings. The Morgan fingerprint density at radius 2 is 1.93 bits per heavy atom. The lowest BCUT2D eigenvalue weighted by Crippen LogP contribution is -2.17. The topological polar surface area (TPSA) is 65.0 Å². The smallest absolute Gasteiger partial charge is 0.311 e. The molecular formula is C9H15NO4. The fraction of sp³-hybridized carbons (Fsp3) is 0.667. The van der Waals surface area contributed by atoms with Crippen LogP contribution in [0.5, 0.6) is 0 Å². The predicted molar refractivity (Wildman–Crippen MR) is 51.2 cm³/mol. The SMILES string of the molecule is CCOC(=O)CC(COC(C)=O)=NC. The highest BCUT2D eigenvalue weighted by molar-refractivity contribution is 6.00. The number of nitrogens with zero attached hydrogens (tertiary/aromatic N) is 1. The molecule has 0 atom stereocenters. The minimum atomic E-state index is -0.394. The fourth-order valence-electron chi connectivity index (χ4n) is 0.758. The third-order valence-corrected chi connectivity index (χ3v) is 1.41. The van der Waals surface area contributed by atoms with Gasteiger partial charge in [0, 0.05) is 14.0 Å². The third kappa shape index (κ3) is 6.16. The van der Waals surface area contributed by atoms with Crippen molar-refractivity contribution < 1.29 is 19.1 Å². The lowest BCUT2D eigenvalue weighted by atomic mass is 10.3. The third-order valence-electron chi connectivity index (χ3n) is 1.41. The molecule has 0 aliphatic carbocycles. The number of esters is 2. The first-order valence-corrected chi connectivity index (χ1v) is 4.33. The second-order valence-electron chi connectivity index (χ2n) is 2.55. The van der Waals surface area contributed by atoms with Crippen LogP contribution in [0.2, 0.25) is 0 Å². The van der Waals surface area contributed by atoms with Crippen LogP contribution in [0.1, 0.15) is 20.3 Å². The Hall–Kier alpha value is -1.39. The summed E-state index contributed by atoms with van der Waals surface area (Å²) in [5, 5.41) is 0. The Morgan fingerprint density at radius 1 is 1.29 bits per heavy atom. The van der Waals surface area contributed by atoms with Gasteiger partial charge in [-0.05, 0) is 6.92 Å². The van der Waals surface area contributed by atoms with Crippen LogP contribution in [0.15, 0.2) is 4.99 Å². The van der Waals surface area contributed by atoms with Gasteiger partial charge in [0.25, 0.3) is 0 Å². The number of ether oxygens (including phenoxy) is 2. The summed E-state index contributed by atoms with van der Waals surface area (Å²) in [4.78, 5) is 25.3. The second kappa shape index (κ2) is 7.06. The van der Waals surface area contributed by atoms with Crippen LogP contribution in [0, 0.1) is 0 Å². The van der Waals surface area contributed by atoms with E-state index < -0.39 is 5.97 Å². The molecule has 0 aliphatic heterocycles. The maximum absolute atomic E-state index is 11.0. The van der Waals surface area contributed by atoms with Gasteiger partial charge in [0.1, 0.15) is 6.61 Å². The van der Waals surface area contributed by atoms with E-state index in [1.54, 1.807) is 6.92 Å². The molecule has 0 heterocycles. The van der Waals surface area contributed by atoms with Crippen LogP contribution in [0.4, 0.5) is 0 Å². The van der Waals surface area contributed by atoms with Crippen LogP contribution in [0.25, 0.3) is 0 Å². The molecule has 0 spiro atoms. The average molecular weight is 201 g/mol. The highest BCUT2D eigenvalue weighted by Gasteiger charge is 2.08. The highest BCUT2D eigenvalue weighted by Crippen LogP contribution is 1.93. The number of hydrogen-bond acceptors (Lipinski definition) is 5. The quantitative estimate of drug-likeness (QED) is 0.482. The fourth-order valence-corrected chi connectivity index (χ4v) is 0.758. The van der Waals surface area contributed by atoms with E-state index in [1.807, 2.05) is 0 Å². The summed E-state index contributed by atoms with van der Waals surface area (Å²) < 4.78 is 9.42. The number of aliphatic imine (C=N–C) groups is 1. The lowest BCUT2D eigenvalue weighted by Gasteiger charge is -2.05. The van der Waals surface area contributed by atoms with Gasteiger partial charge in [-0.15, -0.1) is 0 Å². The summed E-state index contributed by atoms with van der Waals surface area (Å²) in [6.45, 7) is 3.42. The molecule has 14 heavy (non-hydrogen) atoms. The van der Waals surface area contributed by atoms with E-state index in [1.165, 1.54) is 14.0 Å². The molecule has 0 radical (unpaired) electrons.